The third kappa shape index (κ3) is 3.21. The number of pyridine rings is 1. The predicted molar refractivity (Wildman–Crippen MR) is 118 cm³/mol. The summed E-state index contributed by atoms with van der Waals surface area (Å²) < 4.78 is 3.41. The average Bonchev–Trinajstić information content (AvgIpc) is 3.11. The van der Waals surface area contributed by atoms with Crippen LogP contribution in [-0.2, 0) is 0 Å². The molecule has 0 fully saturated rings. The van der Waals surface area contributed by atoms with Gasteiger partial charge in [0.05, 0.1) is 28.8 Å². The van der Waals surface area contributed by atoms with Gasteiger partial charge in [-0.05, 0) is 63.5 Å². The van der Waals surface area contributed by atoms with Gasteiger partial charge in [-0.25, -0.2) is 9.50 Å². The Balaban J connectivity index is 1.60. The molecule has 2 atom stereocenters. The van der Waals surface area contributed by atoms with Crippen molar-refractivity contribution in [2.24, 2.45) is 0 Å². The summed E-state index contributed by atoms with van der Waals surface area (Å²) in [4.78, 5) is 22.1. The van der Waals surface area contributed by atoms with Crippen LogP contribution in [-0.4, -0.2) is 36.1 Å². The number of nitrogens with zero attached hydrogens (tertiary/aromatic N) is 5. The lowest BCUT2D eigenvalue weighted by molar-refractivity contribution is 0.506. The maximum atomic E-state index is 12.9. The summed E-state index contributed by atoms with van der Waals surface area (Å²) >= 11 is 0. The van der Waals surface area contributed by atoms with Crippen molar-refractivity contribution >= 4 is 16.7 Å². The van der Waals surface area contributed by atoms with Crippen LogP contribution >= 0.6 is 0 Å². The molecule has 0 amide bonds. The van der Waals surface area contributed by atoms with Gasteiger partial charge in [0.2, 0.25) is 0 Å². The summed E-state index contributed by atoms with van der Waals surface area (Å²) in [6.45, 7) is 8.21. The van der Waals surface area contributed by atoms with Gasteiger partial charge in [-0.2, -0.15) is 5.10 Å². The van der Waals surface area contributed by atoms with E-state index in [1.54, 1.807) is 15.0 Å². The molecule has 0 bridgehead atoms. The number of aryl methyl sites for hydroxylation is 2. The Morgan fingerprint density at radius 1 is 1.07 bits per heavy atom. The van der Waals surface area contributed by atoms with Crippen LogP contribution in [0.1, 0.15) is 37.2 Å². The van der Waals surface area contributed by atoms with Gasteiger partial charge < -0.3 is 5.32 Å². The van der Waals surface area contributed by atoms with E-state index in [-0.39, 0.29) is 5.56 Å². The van der Waals surface area contributed by atoms with E-state index in [9.17, 15) is 4.79 Å². The predicted octanol–water partition coefficient (Wildman–Crippen LogP) is 3.17. The number of aromatic nitrogens is 5. The minimum Gasteiger partial charge on any atom is -0.308 e. The van der Waals surface area contributed by atoms with Crippen molar-refractivity contribution in [1.29, 1.82) is 0 Å². The molecule has 0 unspecified atom stereocenters. The molecule has 7 heteroatoms. The third-order valence-corrected chi connectivity index (χ3v) is 5.58. The quantitative estimate of drug-likeness (QED) is 0.559. The second kappa shape index (κ2) is 6.88. The Bertz CT molecular complexity index is 1380. The second-order valence-electron chi connectivity index (χ2n) is 8.21. The molecule has 1 aliphatic heterocycles. The number of hydrogen-bond acceptors (Lipinski definition) is 5. The summed E-state index contributed by atoms with van der Waals surface area (Å²) in [5.41, 5.74) is 6.74. The normalized spacial score (nSPS) is 19.4. The Morgan fingerprint density at radius 2 is 1.90 bits per heavy atom. The number of rotatable bonds is 2. The first-order valence-corrected chi connectivity index (χ1v) is 10.2. The molecule has 4 aromatic rings. The van der Waals surface area contributed by atoms with Gasteiger partial charge in [0.1, 0.15) is 11.3 Å². The van der Waals surface area contributed by atoms with Crippen molar-refractivity contribution in [3.8, 4) is 11.4 Å². The van der Waals surface area contributed by atoms with Crippen molar-refractivity contribution in [3.05, 3.63) is 70.0 Å². The highest BCUT2D eigenvalue weighted by Gasteiger charge is 2.17. The van der Waals surface area contributed by atoms with Gasteiger partial charge >= 0.3 is 0 Å². The van der Waals surface area contributed by atoms with E-state index < -0.39 is 0 Å². The zero-order valence-electron chi connectivity index (χ0n) is 17.5. The van der Waals surface area contributed by atoms with Crippen molar-refractivity contribution in [1.82, 2.24) is 29.3 Å². The molecule has 1 aliphatic rings. The third-order valence-electron chi connectivity index (χ3n) is 5.58. The van der Waals surface area contributed by atoms with E-state index in [0.717, 1.165) is 28.9 Å². The Labute approximate surface area is 174 Å². The number of hydrogen-bond donors (Lipinski definition) is 1. The first-order chi connectivity index (χ1) is 14.4. The van der Waals surface area contributed by atoms with Crippen LogP contribution in [0.15, 0.2) is 47.5 Å². The van der Waals surface area contributed by atoms with Crippen LogP contribution < -0.4 is 10.9 Å². The van der Waals surface area contributed by atoms with Crippen LogP contribution in [0.25, 0.3) is 28.1 Å². The van der Waals surface area contributed by atoms with Gasteiger partial charge in [0.25, 0.3) is 5.56 Å². The highest BCUT2D eigenvalue weighted by molar-refractivity contribution is 5.69. The molecule has 30 heavy (non-hydrogen) atoms. The van der Waals surface area contributed by atoms with Gasteiger partial charge in [0.15, 0.2) is 0 Å². The standard InChI is InChI=1S/C23H24N6O/c1-13-7-18(8-14(2)24-13)17-5-6-22-26-19(10-23(30)28(22)12-17)20-9-21-16(4)25-15(3)11-29(21)27-20/h5-7,9-14,24H,8H2,1-4H3/t13-,14-/m0/s1. The van der Waals surface area contributed by atoms with Crippen molar-refractivity contribution in [2.75, 3.05) is 0 Å². The first-order valence-electron chi connectivity index (χ1n) is 10.2. The van der Waals surface area contributed by atoms with Crippen molar-refractivity contribution in [2.45, 2.75) is 46.2 Å². The van der Waals surface area contributed by atoms with Crippen LogP contribution in [0, 0.1) is 13.8 Å². The SMILES string of the molecule is Cc1cn2nc(-c3cc(=O)n4cc(C5=C[C@H](C)N[C@@H](C)C5)ccc4n3)cc2c(C)n1. The van der Waals surface area contributed by atoms with E-state index in [1.807, 2.05) is 44.4 Å². The fourth-order valence-corrected chi connectivity index (χ4v) is 4.31. The van der Waals surface area contributed by atoms with Crippen molar-refractivity contribution < 1.29 is 0 Å². The fourth-order valence-electron chi connectivity index (χ4n) is 4.31. The minimum absolute atomic E-state index is 0.115. The minimum atomic E-state index is -0.115. The van der Waals surface area contributed by atoms with E-state index in [1.165, 1.54) is 5.57 Å². The molecule has 0 radical (unpaired) electrons. The monoisotopic (exact) mass is 400 g/mol. The second-order valence-corrected chi connectivity index (χ2v) is 8.21. The summed E-state index contributed by atoms with van der Waals surface area (Å²) in [7, 11) is 0. The summed E-state index contributed by atoms with van der Waals surface area (Å²) in [6.07, 6.45) is 6.93. The summed E-state index contributed by atoms with van der Waals surface area (Å²) in [5.74, 6) is 0. The largest absolute Gasteiger partial charge is 0.308 e. The first kappa shape index (κ1) is 18.7. The highest BCUT2D eigenvalue weighted by Crippen LogP contribution is 2.25. The van der Waals surface area contributed by atoms with Crippen LogP contribution in [0.4, 0.5) is 0 Å². The molecule has 0 aliphatic carbocycles. The molecular formula is C23H24N6O. The lowest BCUT2D eigenvalue weighted by atomic mass is 9.94. The smallest absolute Gasteiger partial charge is 0.258 e. The molecule has 5 heterocycles. The van der Waals surface area contributed by atoms with E-state index >= 15 is 0 Å². The molecule has 0 aromatic carbocycles. The van der Waals surface area contributed by atoms with E-state index in [0.29, 0.717) is 29.1 Å². The van der Waals surface area contributed by atoms with Gasteiger partial charge in [0, 0.05) is 24.3 Å². The van der Waals surface area contributed by atoms with Gasteiger partial charge in [-0.1, -0.05) is 6.08 Å². The highest BCUT2D eigenvalue weighted by atomic mass is 16.1. The average molecular weight is 400 g/mol. The molecule has 7 nitrogen and oxygen atoms in total. The zero-order valence-corrected chi connectivity index (χ0v) is 17.5. The molecule has 5 rings (SSSR count). The Kier molecular flexibility index (Phi) is 4.29. The lowest BCUT2D eigenvalue weighted by Gasteiger charge is -2.26. The molecule has 0 saturated carbocycles. The van der Waals surface area contributed by atoms with Crippen LogP contribution in [0.2, 0.25) is 0 Å². The van der Waals surface area contributed by atoms with Crippen molar-refractivity contribution in [3.63, 3.8) is 0 Å². The van der Waals surface area contributed by atoms with E-state index in [2.05, 4.69) is 35.3 Å². The Morgan fingerprint density at radius 3 is 2.70 bits per heavy atom. The lowest BCUT2D eigenvalue weighted by Crippen LogP contribution is -2.36. The maximum Gasteiger partial charge on any atom is 0.258 e. The fraction of sp³-hybridized carbons (Fsp3) is 0.304. The molecular weight excluding hydrogens is 376 g/mol. The molecule has 0 spiro atoms. The zero-order chi connectivity index (χ0) is 21.0. The topological polar surface area (TPSA) is 76.6 Å². The Hall–Kier alpha value is -3.32. The maximum absolute atomic E-state index is 12.9. The van der Waals surface area contributed by atoms with E-state index in [4.69, 9.17) is 4.98 Å². The van der Waals surface area contributed by atoms with Crippen LogP contribution in [0.5, 0.6) is 0 Å². The molecule has 4 aromatic heterocycles. The van der Waals surface area contributed by atoms with Gasteiger partial charge in [-0.3, -0.25) is 14.2 Å². The number of fused-ring (bicyclic) bond motifs is 2. The van der Waals surface area contributed by atoms with Crippen LogP contribution in [0.3, 0.4) is 0 Å². The van der Waals surface area contributed by atoms with Gasteiger partial charge in [-0.15, -0.1) is 0 Å². The number of nitrogens with one attached hydrogen (secondary N) is 1. The molecule has 0 saturated heterocycles. The summed E-state index contributed by atoms with van der Waals surface area (Å²) in [5, 5.41) is 8.11. The summed E-state index contributed by atoms with van der Waals surface area (Å²) in [6, 6.07) is 8.15. The molecule has 1 N–H and O–H groups in total. The molecule has 152 valence electrons.